The van der Waals surface area contributed by atoms with Crippen LogP contribution in [0, 0.1) is 20.8 Å². The van der Waals surface area contributed by atoms with Crippen LogP contribution in [0.1, 0.15) is 5.56 Å². The van der Waals surface area contributed by atoms with Crippen LogP contribution in [-0.4, -0.2) is 25.0 Å². The fourth-order valence-electron chi connectivity index (χ4n) is 0.590. The molecule has 1 aromatic carbocycles. The first-order valence-corrected chi connectivity index (χ1v) is 4.34. The van der Waals surface area contributed by atoms with Crippen LogP contribution in [-0.2, 0) is 32.7 Å². The summed E-state index contributed by atoms with van der Waals surface area (Å²) in [5.74, 6) is 0. The first-order chi connectivity index (χ1) is 6.20. The van der Waals surface area contributed by atoms with Crippen molar-refractivity contribution in [3.63, 3.8) is 0 Å². The molecule has 0 aliphatic carbocycles. The van der Waals surface area contributed by atoms with Crippen LogP contribution >= 0.6 is 0 Å². The van der Waals surface area contributed by atoms with E-state index in [1.807, 2.05) is 42.3 Å². The van der Waals surface area contributed by atoms with Gasteiger partial charge in [-0.1, -0.05) is 6.07 Å². The van der Waals surface area contributed by atoms with Crippen LogP contribution in [0.15, 0.2) is 30.3 Å². The Balaban J connectivity index is 0. The Morgan fingerprint density at radius 3 is 1.64 bits per heavy atom. The average Bonchev–Trinajstić information content (AvgIpc) is 2.19. The average molecular weight is 265 g/mol. The van der Waals surface area contributed by atoms with Crippen molar-refractivity contribution in [2.45, 2.75) is 0 Å². The molecule has 0 spiro atoms. The van der Waals surface area contributed by atoms with E-state index in [0.29, 0.717) is 0 Å². The van der Waals surface area contributed by atoms with Crippen LogP contribution in [0.2, 0.25) is 0 Å². The summed E-state index contributed by atoms with van der Waals surface area (Å²) in [6, 6.07) is 9.87. The Kier molecular flexibility index (Phi) is 13.3. The third kappa shape index (κ3) is 10.2. The molecular formula is C12H18NY. The zero-order valence-corrected chi connectivity index (χ0v) is 11.8. The molecule has 1 nitrogen and oxygen atoms in total. The molecule has 0 saturated heterocycles. The van der Waals surface area contributed by atoms with E-state index in [-0.39, 0.29) is 32.7 Å². The van der Waals surface area contributed by atoms with Gasteiger partial charge in [0.1, 0.15) is 0 Å². The van der Waals surface area contributed by atoms with Gasteiger partial charge in [-0.2, -0.15) is 24.6 Å². The second-order valence-electron chi connectivity index (χ2n) is 2.79. The van der Waals surface area contributed by atoms with Gasteiger partial charge in [-0.15, -0.1) is 25.2 Å². The van der Waals surface area contributed by atoms with E-state index in [9.17, 15) is 0 Å². The molecule has 0 N–H and O–H groups in total. The number of rotatable bonds is 2. The molecule has 0 unspecified atom stereocenters. The molecule has 0 fully saturated rings. The Labute approximate surface area is 114 Å². The van der Waals surface area contributed by atoms with Crippen molar-refractivity contribution >= 4 is 0 Å². The van der Waals surface area contributed by atoms with Gasteiger partial charge in [-0.3, -0.25) is 0 Å². The topological polar surface area (TPSA) is 3.24 Å². The Morgan fingerprint density at radius 2 is 1.50 bits per heavy atom. The summed E-state index contributed by atoms with van der Waals surface area (Å²) in [6.07, 6.45) is 0. The molecular weight excluding hydrogens is 247 g/mol. The summed E-state index contributed by atoms with van der Waals surface area (Å²) < 4.78 is 0. The van der Waals surface area contributed by atoms with Crippen molar-refractivity contribution in [2.75, 3.05) is 20.1 Å². The molecule has 2 heteroatoms. The zero-order chi connectivity index (χ0) is 10.1. The molecule has 0 saturated carbocycles. The summed E-state index contributed by atoms with van der Waals surface area (Å²) >= 11 is 0. The van der Waals surface area contributed by atoms with Crippen LogP contribution in [0.3, 0.4) is 0 Å². The van der Waals surface area contributed by atoms with E-state index in [0.717, 1.165) is 18.7 Å². The van der Waals surface area contributed by atoms with Gasteiger partial charge >= 0.3 is 32.7 Å². The van der Waals surface area contributed by atoms with Crippen LogP contribution in [0.25, 0.3) is 0 Å². The molecule has 0 atom stereocenters. The van der Waals surface area contributed by atoms with E-state index in [2.05, 4.69) is 20.8 Å². The molecule has 0 amide bonds. The van der Waals surface area contributed by atoms with Gasteiger partial charge in [-0.25, -0.2) is 0 Å². The predicted molar refractivity (Wildman–Crippen MR) is 59.1 cm³/mol. The van der Waals surface area contributed by atoms with Crippen LogP contribution < -0.4 is 0 Å². The molecule has 0 bridgehead atoms. The third-order valence-corrected chi connectivity index (χ3v) is 1.61. The maximum Gasteiger partial charge on any atom is 3.00 e. The molecule has 74 valence electrons. The van der Waals surface area contributed by atoms with Gasteiger partial charge in [0.25, 0.3) is 0 Å². The predicted octanol–water partition coefficient (Wildman–Crippen LogP) is 2.45. The largest absolute Gasteiger partial charge is 3.00 e. The van der Waals surface area contributed by atoms with Gasteiger partial charge < -0.3 is 18.7 Å². The van der Waals surface area contributed by atoms with Gasteiger partial charge in [0.05, 0.1) is 0 Å². The number of nitrogens with zero attached hydrogens (tertiary/aromatic N) is 1. The SMILES string of the molecule is [CH2-]CN(C)C[CH2-].[CH2-]c1ccccc1.[Y+3]. The van der Waals surface area contributed by atoms with Gasteiger partial charge in [0.2, 0.25) is 0 Å². The number of benzene rings is 1. The normalized spacial score (nSPS) is 8.57. The van der Waals surface area contributed by atoms with Crippen molar-refractivity contribution in [3.8, 4) is 0 Å². The minimum absolute atomic E-state index is 0. The fraction of sp³-hybridized carbons (Fsp3) is 0.250. The van der Waals surface area contributed by atoms with Crippen molar-refractivity contribution < 1.29 is 32.7 Å². The van der Waals surface area contributed by atoms with Crippen LogP contribution in [0.5, 0.6) is 0 Å². The first kappa shape index (κ1) is 16.6. The third-order valence-electron chi connectivity index (χ3n) is 1.61. The maximum absolute atomic E-state index is 3.72. The number of hydrogen-bond acceptors (Lipinski definition) is 1. The quantitative estimate of drug-likeness (QED) is 0.742. The van der Waals surface area contributed by atoms with E-state index in [4.69, 9.17) is 0 Å². The molecule has 1 rings (SSSR count). The summed E-state index contributed by atoms with van der Waals surface area (Å²) in [5, 5.41) is 0. The Bertz CT molecular complexity index is 195. The number of hydrogen-bond donors (Lipinski definition) is 0. The summed E-state index contributed by atoms with van der Waals surface area (Å²) in [5.41, 5.74) is 1.07. The van der Waals surface area contributed by atoms with Gasteiger partial charge in [0, 0.05) is 0 Å². The first-order valence-electron chi connectivity index (χ1n) is 4.34. The minimum Gasteiger partial charge on any atom is -0.365 e. The van der Waals surface area contributed by atoms with Gasteiger partial charge in [0.15, 0.2) is 0 Å². The van der Waals surface area contributed by atoms with E-state index in [1.165, 1.54) is 0 Å². The molecule has 0 aliphatic rings. The fourth-order valence-corrected chi connectivity index (χ4v) is 0.590. The smallest absolute Gasteiger partial charge is 0.365 e. The van der Waals surface area contributed by atoms with Crippen molar-refractivity contribution in [2.24, 2.45) is 0 Å². The molecule has 0 radical (unpaired) electrons. The Hall–Kier alpha value is 0.154. The Morgan fingerprint density at radius 1 is 1.07 bits per heavy atom. The molecule has 0 heterocycles. The van der Waals surface area contributed by atoms with Crippen LogP contribution in [0.4, 0.5) is 0 Å². The molecule has 0 aromatic heterocycles. The van der Waals surface area contributed by atoms with Gasteiger partial charge in [-0.05, 0) is 7.05 Å². The maximum atomic E-state index is 3.72. The summed E-state index contributed by atoms with van der Waals surface area (Å²) in [6.45, 7) is 12.7. The van der Waals surface area contributed by atoms with E-state index in [1.54, 1.807) is 0 Å². The molecule has 14 heavy (non-hydrogen) atoms. The zero-order valence-electron chi connectivity index (χ0n) is 8.95. The summed E-state index contributed by atoms with van der Waals surface area (Å²) in [4.78, 5) is 2.03. The van der Waals surface area contributed by atoms with E-state index < -0.39 is 0 Å². The second-order valence-corrected chi connectivity index (χ2v) is 2.79. The van der Waals surface area contributed by atoms with E-state index >= 15 is 0 Å². The second kappa shape index (κ2) is 11.2. The van der Waals surface area contributed by atoms with Crippen molar-refractivity contribution in [1.82, 2.24) is 4.90 Å². The summed E-state index contributed by atoms with van der Waals surface area (Å²) in [7, 11) is 1.99. The van der Waals surface area contributed by atoms with Crippen molar-refractivity contribution in [1.29, 1.82) is 0 Å². The molecule has 0 aliphatic heterocycles. The molecule has 1 aromatic rings. The minimum atomic E-state index is 0. The van der Waals surface area contributed by atoms with Crippen molar-refractivity contribution in [3.05, 3.63) is 56.7 Å². The standard InChI is InChI=1S/C7H7.C5H11N.Y/c1-7-5-3-2-4-6-7;1-4-6(3)5-2;/h2-6H,1H2;1-2,4-5H2,3H3;/q-1;-2;+3. The monoisotopic (exact) mass is 265 g/mol.